The number of nitriles is 1. The van der Waals surface area contributed by atoms with E-state index in [0.717, 1.165) is 11.1 Å². The summed E-state index contributed by atoms with van der Waals surface area (Å²) in [6.07, 6.45) is 0. The van der Waals surface area contributed by atoms with E-state index < -0.39 is 5.54 Å². The summed E-state index contributed by atoms with van der Waals surface area (Å²) in [5.41, 5.74) is 0.848. The number of hydrogen-bond acceptors (Lipinski definition) is 5. The fraction of sp³-hybridized carbons (Fsp3) is 0.304. The molecule has 1 heterocycles. The molecule has 31 heavy (non-hydrogen) atoms. The Hall–Kier alpha value is -3.18. The number of thioether (sulfide) groups is 1. The molecule has 0 aliphatic heterocycles. The molecule has 0 bridgehead atoms. The van der Waals surface area contributed by atoms with E-state index in [1.165, 1.54) is 23.9 Å². The van der Waals surface area contributed by atoms with Gasteiger partial charge < -0.3 is 5.32 Å². The quantitative estimate of drug-likeness (QED) is 0.532. The van der Waals surface area contributed by atoms with Gasteiger partial charge in [0.15, 0.2) is 11.0 Å². The smallest absolute Gasteiger partial charge is 0.231 e. The Morgan fingerprint density at radius 2 is 1.87 bits per heavy atom. The zero-order chi connectivity index (χ0) is 22.4. The molecule has 1 amide bonds. The van der Waals surface area contributed by atoms with Gasteiger partial charge in [0.25, 0.3) is 0 Å². The van der Waals surface area contributed by atoms with Gasteiger partial charge in [-0.3, -0.25) is 9.36 Å². The van der Waals surface area contributed by atoms with E-state index in [-0.39, 0.29) is 23.4 Å². The number of benzene rings is 2. The van der Waals surface area contributed by atoms with Crippen molar-refractivity contribution in [1.82, 2.24) is 20.1 Å². The number of aromatic nitrogens is 3. The summed E-state index contributed by atoms with van der Waals surface area (Å²) >= 11 is 1.25. The molecule has 1 atom stereocenters. The number of rotatable bonds is 8. The fourth-order valence-electron chi connectivity index (χ4n) is 2.87. The van der Waals surface area contributed by atoms with Crippen molar-refractivity contribution < 1.29 is 9.18 Å². The molecule has 6 nitrogen and oxygen atoms in total. The normalized spacial score (nSPS) is 12.9. The summed E-state index contributed by atoms with van der Waals surface area (Å²) in [5.74, 6) is 0.0876. The van der Waals surface area contributed by atoms with E-state index in [1.807, 2.05) is 48.7 Å². The van der Waals surface area contributed by atoms with Gasteiger partial charge in [-0.05, 0) is 42.7 Å². The lowest BCUT2D eigenvalue weighted by Gasteiger charge is -2.27. The molecule has 0 radical (unpaired) electrons. The highest BCUT2D eigenvalue weighted by atomic mass is 32.2. The minimum atomic E-state index is -0.936. The number of carbonyl (C=O) groups is 1. The van der Waals surface area contributed by atoms with Crippen molar-refractivity contribution in [3.63, 3.8) is 0 Å². The maximum absolute atomic E-state index is 13.4. The molecule has 1 N–H and O–H groups in total. The Balaban J connectivity index is 1.83. The van der Waals surface area contributed by atoms with Gasteiger partial charge in [0.2, 0.25) is 5.91 Å². The van der Waals surface area contributed by atoms with Crippen molar-refractivity contribution in [2.75, 3.05) is 5.75 Å². The summed E-state index contributed by atoms with van der Waals surface area (Å²) in [5, 5.41) is 21.4. The molecular weight excluding hydrogens is 413 g/mol. The number of hydrogen-bond donors (Lipinski definition) is 1. The molecule has 0 fully saturated rings. The molecule has 0 saturated heterocycles. The van der Waals surface area contributed by atoms with Gasteiger partial charge in [0, 0.05) is 5.56 Å². The van der Waals surface area contributed by atoms with Gasteiger partial charge in [-0.25, -0.2) is 4.39 Å². The highest BCUT2D eigenvalue weighted by molar-refractivity contribution is 7.99. The highest BCUT2D eigenvalue weighted by Gasteiger charge is 2.30. The van der Waals surface area contributed by atoms with Crippen molar-refractivity contribution in [2.24, 2.45) is 5.92 Å². The standard InChI is InChI=1S/C23H24FN5OS/c1-16(2)23(3,15-25)26-20(30)14-31-22-28-27-21(18-9-11-19(24)12-10-18)29(22)13-17-7-5-4-6-8-17/h4-12,16H,13-14H2,1-3H3,(H,26,30). The number of nitrogens with zero attached hydrogens (tertiary/aromatic N) is 4. The van der Waals surface area contributed by atoms with Crippen molar-refractivity contribution in [3.05, 3.63) is 66.0 Å². The molecule has 160 valence electrons. The van der Waals surface area contributed by atoms with E-state index in [1.54, 1.807) is 19.1 Å². The zero-order valence-electron chi connectivity index (χ0n) is 17.7. The lowest BCUT2D eigenvalue weighted by Crippen LogP contribution is -2.49. The first kappa shape index (κ1) is 22.5. The first-order valence-corrected chi connectivity index (χ1v) is 10.9. The predicted molar refractivity (Wildman–Crippen MR) is 119 cm³/mol. The minimum absolute atomic E-state index is 0.0294. The van der Waals surface area contributed by atoms with E-state index in [9.17, 15) is 14.4 Å². The van der Waals surface area contributed by atoms with Crippen LogP contribution in [0.4, 0.5) is 4.39 Å². The SMILES string of the molecule is CC(C)C(C)(C#N)NC(=O)CSc1nnc(-c2ccc(F)cc2)n1Cc1ccccc1. The molecule has 0 aliphatic carbocycles. The van der Waals surface area contributed by atoms with Gasteiger partial charge in [0.05, 0.1) is 18.4 Å². The number of halogens is 1. The molecule has 1 unspecified atom stereocenters. The average molecular weight is 438 g/mol. The second kappa shape index (κ2) is 9.75. The molecule has 3 rings (SSSR count). The summed E-state index contributed by atoms with van der Waals surface area (Å²) in [6.45, 7) is 6.00. The van der Waals surface area contributed by atoms with Crippen LogP contribution in [0.5, 0.6) is 0 Å². The van der Waals surface area contributed by atoms with Gasteiger partial charge in [-0.2, -0.15) is 5.26 Å². The molecular formula is C23H24FN5OS. The van der Waals surface area contributed by atoms with E-state index >= 15 is 0 Å². The minimum Gasteiger partial charge on any atom is -0.337 e. The van der Waals surface area contributed by atoms with Crippen LogP contribution in [0.2, 0.25) is 0 Å². The van der Waals surface area contributed by atoms with Crippen LogP contribution in [0.15, 0.2) is 59.8 Å². The van der Waals surface area contributed by atoms with Crippen LogP contribution in [0.1, 0.15) is 26.3 Å². The predicted octanol–water partition coefficient (Wildman–Crippen LogP) is 4.28. The lowest BCUT2D eigenvalue weighted by molar-refractivity contribution is -0.120. The molecule has 8 heteroatoms. The summed E-state index contributed by atoms with van der Waals surface area (Å²) in [7, 11) is 0. The number of nitrogens with one attached hydrogen (secondary N) is 1. The monoisotopic (exact) mass is 437 g/mol. The molecule has 3 aromatic rings. The Bertz CT molecular complexity index is 1080. The van der Waals surface area contributed by atoms with Crippen LogP contribution in [-0.2, 0) is 11.3 Å². The largest absolute Gasteiger partial charge is 0.337 e. The maximum Gasteiger partial charge on any atom is 0.231 e. The molecule has 2 aromatic carbocycles. The number of amides is 1. The van der Waals surface area contributed by atoms with Crippen molar-refractivity contribution in [2.45, 2.75) is 38.0 Å². The first-order chi connectivity index (χ1) is 14.8. The first-order valence-electron chi connectivity index (χ1n) is 9.90. The van der Waals surface area contributed by atoms with Crippen molar-refractivity contribution in [1.29, 1.82) is 5.26 Å². The van der Waals surface area contributed by atoms with Crippen LogP contribution >= 0.6 is 11.8 Å². The van der Waals surface area contributed by atoms with E-state index in [2.05, 4.69) is 21.6 Å². The van der Waals surface area contributed by atoms with E-state index in [0.29, 0.717) is 17.5 Å². The van der Waals surface area contributed by atoms with Crippen LogP contribution in [0, 0.1) is 23.1 Å². The van der Waals surface area contributed by atoms with Crippen molar-refractivity contribution in [3.8, 4) is 17.5 Å². The summed E-state index contributed by atoms with van der Waals surface area (Å²) in [6, 6.07) is 18.1. The molecule has 0 saturated carbocycles. The molecule has 0 aliphatic rings. The second-order valence-electron chi connectivity index (χ2n) is 7.69. The summed E-state index contributed by atoms with van der Waals surface area (Å²) in [4.78, 5) is 12.5. The van der Waals surface area contributed by atoms with Crippen molar-refractivity contribution >= 4 is 17.7 Å². The fourth-order valence-corrected chi connectivity index (χ4v) is 3.61. The van der Waals surface area contributed by atoms with E-state index in [4.69, 9.17) is 0 Å². The van der Waals surface area contributed by atoms with Gasteiger partial charge in [-0.15, -0.1) is 10.2 Å². The van der Waals surface area contributed by atoms with Crippen LogP contribution in [-0.4, -0.2) is 32.0 Å². The Labute approximate surface area is 185 Å². The molecule has 1 aromatic heterocycles. The lowest BCUT2D eigenvalue weighted by atomic mass is 9.90. The Morgan fingerprint density at radius 3 is 2.48 bits per heavy atom. The summed E-state index contributed by atoms with van der Waals surface area (Å²) < 4.78 is 15.3. The topological polar surface area (TPSA) is 83.6 Å². The Kier molecular flexibility index (Phi) is 7.08. The van der Waals surface area contributed by atoms with Crippen LogP contribution in [0.25, 0.3) is 11.4 Å². The third-order valence-corrected chi connectivity index (χ3v) is 6.09. The maximum atomic E-state index is 13.4. The number of carbonyl (C=O) groups excluding carboxylic acids is 1. The molecule has 0 spiro atoms. The van der Waals surface area contributed by atoms with Gasteiger partial charge in [-0.1, -0.05) is 55.9 Å². The van der Waals surface area contributed by atoms with Gasteiger partial charge in [0.1, 0.15) is 11.4 Å². The van der Waals surface area contributed by atoms with Crippen LogP contribution in [0.3, 0.4) is 0 Å². The van der Waals surface area contributed by atoms with Gasteiger partial charge >= 0.3 is 0 Å². The second-order valence-corrected chi connectivity index (χ2v) is 8.63. The third-order valence-electron chi connectivity index (χ3n) is 5.12. The third kappa shape index (κ3) is 5.50. The average Bonchev–Trinajstić information content (AvgIpc) is 3.15. The Morgan fingerprint density at radius 1 is 1.19 bits per heavy atom. The highest BCUT2D eigenvalue weighted by Crippen LogP contribution is 2.26. The zero-order valence-corrected chi connectivity index (χ0v) is 18.5. The van der Waals surface area contributed by atoms with Crippen LogP contribution < -0.4 is 5.32 Å².